The first kappa shape index (κ1) is 14.8. The van der Waals surface area contributed by atoms with Crippen LogP contribution in [0, 0.1) is 0 Å². The minimum atomic E-state index is -0.0113. The number of hydrogen-bond acceptors (Lipinski definition) is 4. The molecule has 0 aliphatic carbocycles. The van der Waals surface area contributed by atoms with E-state index in [0.717, 1.165) is 43.8 Å². The zero-order valence-corrected chi connectivity index (χ0v) is 12.0. The van der Waals surface area contributed by atoms with Crippen molar-refractivity contribution in [3.05, 3.63) is 42.4 Å². The molecule has 2 N–H and O–H groups in total. The molecule has 2 aromatic rings. The summed E-state index contributed by atoms with van der Waals surface area (Å²) in [5, 5.41) is 12.3. The van der Waals surface area contributed by atoms with Crippen molar-refractivity contribution in [2.45, 2.75) is 31.7 Å². The lowest BCUT2D eigenvalue weighted by Crippen LogP contribution is -2.25. The maximum Gasteiger partial charge on any atom is 0.133 e. The van der Waals surface area contributed by atoms with Crippen molar-refractivity contribution in [3.8, 4) is 0 Å². The van der Waals surface area contributed by atoms with Crippen LogP contribution in [-0.2, 0) is 7.05 Å². The van der Waals surface area contributed by atoms with Crippen LogP contribution in [0.3, 0.4) is 0 Å². The summed E-state index contributed by atoms with van der Waals surface area (Å²) < 4.78 is 7.53. The summed E-state index contributed by atoms with van der Waals surface area (Å²) in [6.07, 6.45) is 9.60. The second-order valence-electron chi connectivity index (χ2n) is 4.94. The Kier molecular flexibility index (Phi) is 5.83. The monoisotopic (exact) mass is 277 g/mol. The minimum Gasteiger partial charge on any atom is -0.467 e. The zero-order chi connectivity index (χ0) is 14.2. The summed E-state index contributed by atoms with van der Waals surface area (Å²) in [7, 11) is 1.99. The van der Waals surface area contributed by atoms with Crippen molar-refractivity contribution in [3.63, 3.8) is 0 Å². The van der Waals surface area contributed by atoms with Crippen molar-refractivity contribution in [2.75, 3.05) is 13.2 Å². The van der Waals surface area contributed by atoms with E-state index in [1.165, 1.54) is 0 Å². The molecular formula is C15H23N3O2. The quantitative estimate of drug-likeness (QED) is 0.690. The number of aliphatic hydroxyl groups excluding tert-OH is 1. The molecule has 2 heterocycles. The molecule has 0 fully saturated rings. The van der Waals surface area contributed by atoms with E-state index in [0.29, 0.717) is 0 Å². The number of unbranched alkanes of at least 4 members (excludes halogenated alkanes) is 3. The SMILES string of the molecule is Cn1ccnc1C(NCCCCCCO)c1ccco1. The van der Waals surface area contributed by atoms with Gasteiger partial charge in [0.05, 0.1) is 6.26 Å². The van der Waals surface area contributed by atoms with E-state index in [4.69, 9.17) is 9.52 Å². The van der Waals surface area contributed by atoms with Gasteiger partial charge in [0.15, 0.2) is 0 Å². The van der Waals surface area contributed by atoms with Crippen LogP contribution in [0.1, 0.15) is 43.3 Å². The molecule has 5 heteroatoms. The van der Waals surface area contributed by atoms with Gasteiger partial charge in [0, 0.05) is 26.0 Å². The van der Waals surface area contributed by atoms with Crippen LogP contribution < -0.4 is 5.32 Å². The third-order valence-electron chi connectivity index (χ3n) is 3.38. The van der Waals surface area contributed by atoms with Crippen LogP contribution in [0.25, 0.3) is 0 Å². The fourth-order valence-corrected chi connectivity index (χ4v) is 2.27. The Balaban J connectivity index is 1.90. The highest BCUT2D eigenvalue weighted by atomic mass is 16.3. The minimum absolute atomic E-state index is 0.0113. The molecule has 1 unspecified atom stereocenters. The van der Waals surface area contributed by atoms with E-state index in [1.807, 2.05) is 29.9 Å². The third kappa shape index (κ3) is 3.95. The van der Waals surface area contributed by atoms with Crippen LogP contribution in [-0.4, -0.2) is 27.8 Å². The van der Waals surface area contributed by atoms with Gasteiger partial charge in [-0.25, -0.2) is 4.98 Å². The predicted octanol–water partition coefficient (Wildman–Crippen LogP) is 2.24. The number of nitrogens with one attached hydrogen (secondary N) is 1. The molecule has 2 aromatic heterocycles. The molecule has 0 saturated carbocycles. The van der Waals surface area contributed by atoms with Gasteiger partial charge in [0.1, 0.15) is 17.6 Å². The summed E-state index contributed by atoms with van der Waals surface area (Å²) in [6.45, 7) is 1.19. The van der Waals surface area contributed by atoms with Crippen LogP contribution in [0.15, 0.2) is 35.2 Å². The number of aryl methyl sites for hydroxylation is 1. The molecule has 1 atom stereocenters. The van der Waals surface area contributed by atoms with Crippen molar-refractivity contribution < 1.29 is 9.52 Å². The van der Waals surface area contributed by atoms with Gasteiger partial charge in [-0.15, -0.1) is 0 Å². The molecule has 0 saturated heterocycles. The van der Waals surface area contributed by atoms with Gasteiger partial charge in [-0.2, -0.15) is 0 Å². The van der Waals surface area contributed by atoms with Crippen LogP contribution in [0.5, 0.6) is 0 Å². The van der Waals surface area contributed by atoms with Crippen molar-refractivity contribution in [1.82, 2.24) is 14.9 Å². The second kappa shape index (κ2) is 7.87. The first-order valence-electron chi connectivity index (χ1n) is 7.18. The number of aromatic nitrogens is 2. The van der Waals surface area contributed by atoms with Gasteiger partial charge in [-0.1, -0.05) is 12.8 Å². The number of aliphatic hydroxyl groups is 1. The second-order valence-corrected chi connectivity index (χ2v) is 4.94. The molecule has 0 aliphatic rings. The van der Waals surface area contributed by atoms with E-state index >= 15 is 0 Å². The lowest BCUT2D eigenvalue weighted by Gasteiger charge is -2.16. The molecule has 0 amide bonds. The normalized spacial score (nSPS) is 12.7. The molecule has 0 spiro atoms. The topological polar surface area (TPSA) is 63.2 Å². The number of nitrogens with zero attached hydrogens (tertiary/aromatic N) is 2. The Morgan fingerprint density at radius 3 is 2.85 bits per heavy atom. The summed E-state index contributed by atoms with van der Waals surface area (Å²) in [4.78, 5) is 4.41. The van der Waals surface area contributed by atoms with Crippen molar-refractivity contribution in [1.29, 1.82) is 0 Å². The molecule has 0 aromatic carbocycles. The maximum atomic E-state index is 8.75. The van der Waals surface area contributed by atoms with Crippen molar-refractivity contribution in [2.24, 2.45) is 7.05 Å². The van der Waals surface area contributed by atoms with E-state index in [9.17, 15) is 0 Å². The lowest BCUT2D eigenvalue weighted by molar-refractivity contribution is 0.282. The molecule has 0 aliphatic heterocycles. The summed E-state index contributed by atoms with van der Waals surface area (Å²) in [5.41, 5.74) is 0. The predicted molar refractivity (Wildman–Crippen MR) is 77.3 cm³/mol. The first-order chi connectivity index (χ1) is 9.83. The number of rotatable bonds is 9. The Morgan fingerprint density at radius 2 is 2.20 bits per heavy atom. The van der Waals surface area contributed by atoms with Gasteiger partial charge in [-0.3, -0.25) is 0 Å². The van der Waals surface area contributed by atoms with Gasteiger partial charge in [0.25, 0.3) is 0 Å². The number of hydrogen-bond donors (Lipinski definition) is 2. The Labute approximate surface area is 119 Å². The summed E-state index contributed by atoms with van der Waals surface area (Å²) >= 11 is 0. The largest absolute Gasteiger partial charge is 0.467 e. The molecule has 5 nitrogen and oxygen atoms in total. The fourth-order valence-electron chi connectivity index (χ4n) is 2.27. The molecule has 110 valence electrons. The maximum absolute atomic E-state index is 8.75. The van der Waals surface area contributed by atoms with Gasteiger partial charge in [-0.05, 0) is 31.5 Å². The van der Waals surface area contributed by atoms with Crippen molar-refractivity contribution >= 4 is 0 Å². The average Bonchev–Trinajstić information content (AvgIpc) is 3.10. The van der Waals surface area contributed by atoms with E-state index in [-0.39, 0.29) is 12.6 Å². The highest BCUT2D eigenvalue weighted by Gasteiger charge is 2.19. The highest BCUT2D eigenvalue weighted by molar-refractivity contribution is 5.15. The molecule has 20 heavy (non-hydrogen) atoms. The Hall–Kier alpha value is -1.59. The molecule has 0 bridgehead atoms. The Morgan fingerprint density at radius 1 is 1.35 bits per heavy atom. The lowest BCUT2D eigenvalue weighted by atomic mass is 10.1. The summed E-state index contributed by atoms with van der Waals surface area (Å²) in [5.74, 6) is 1.84. The van der Waals surface area contributed by atoms with Gasteiger partial charge >= 0.3 is 0 Å². The van der Waals surface area contributed by atoms with Gasteiger partial charge in [0.2, 0.25) is 0 Å². The smallest absolute Gasteiger partial charge is 0.133 e. The summed E-state index contributed by atoms with van der Waals surface area (Å²) in [6, 6.07) is 3.86. The van der Waals surface area contributed by atoms with Crippen LogP contribution in [0.4, 0.5) is 0 Å². The molecule has 0 radical (unpaired) electrons. The van der Waals surface area contributed by atoms with Gasteiger partial charge < -0.3 is 19.4 Å². The van der Waals surface area contributed by atoms with E-state index in [1.54, 1.807) is 12.5 Å². The number of imidazole rings is 1. The zero-order valence-electron chi connectivity index (χ0n) is 12.0. The molecular weight excluding hydrogens is 254 g/mol. The third-order valence-corrected chi connectivity index (χ3v) is 3.38. The number of furan rings is 1. The molecule has 2 rings (SSSR count). The Bertz CT molecular complexity index is 479. The average molecular weight is 277 g/mol. The standard InChI is InChI=1S/C15H23N3O2/c1-18-10-9-17-15(18)14(13-7-6-12-20-13)16-8-4-2-3-5-11-19/h6-7,9-10,12,14,16,19H,2-5,8,11H2,1H3. The van der Waals surface area contributed by atoms with E-state index in [2.05, 4.69) is 10.3 Å². The van der Waals surface area contributed by atoms with E-state index < -0.39 is 0 Å². The fraction of sp³-hybridized carbons (Fsp3) is 0.533. The van der Waals surface area contributed by atoms with Crippen LogP contribution in [0.2, 0.25) is 0 Å². The van der Waals surface area contributed by atoms with Crippen LogP contribution >= 0.6 is 0 Å². The first-order valence-corrected chi connectivity index (χ1v) is 7.18. The highest BCUT2D eigenvalue weighted by Crippen LogP contribution is 2.20.